The Hall–Kier alpha value is -0.880. The Morgan fingerprint density at radius 2 is 2.16 bits per heavy atom. The fraction of sp³-hybridized carbons (Fsp3) is 0.769. The van der Waals surface area contributed by atoms with Crippen LogP contribution in [0.2, 0.25) is 0 Å². The number of sulfonamides is 1. The van der Waals surface area contributed by atoms with Gasteiger partial charge in [-0.1, -0.05) is 19.8 Å². The summed E-state index contributed by atoms with van der Waals surface area (Å²) in [6.07, 6.45) is 9.16. The van der Waals surface area contributed by atoms with Gasteiger partial charge < -0.3 is 4.57 Å². The topological polar surface area (TPSA) is 64.0 Å². The zero-order valence-electron chi connectivity index (χ0n) is 11.5. The van der Waals surface area contributed by atoms with Crippen LogP contribution in [0, 0.1) is 0 Å². The Balaban J connectivity index is 1.74. The summed E-state index contributed by atoms with van der Waals surface area (Å²) in [5.41, 5.74) is 0. The number of nitrogens with zero attached hydrogens (tertiary/aromatic N) is 2. The predicted molar refractivity (Wildman–Crippen MR) is 75.4 cm³/mol. The van der Waals surface area contributed by atoms with Crippen molar-refractivity contribution in [3.05, 3.63) is 18.2 Å². The highest BCUT2D eigenvalue weighted by atomic mass is 32.2. The van der Waals surface area contributed by atoms with E-state index in [9.17, 15) is 8.42 Å². The monoisotopic (exact) mass is 285 g/mol. The highest BCUT2D eigenvalue weighted by Crippen LogP contribution is 2.23. The van der Waals surface area contributed by atoms with Crippen molar-refractivity contribution in [2.24, 2.45) is 0 Å². The van der Waals surface area contributed by atoms with Crippen LogP contribution in [-0.2, 0) is 23.0 Å². The van der Waals surface area contributed by atoms with Crippen molar-refractivity contribution in [3.63, 3.8) is 0 Å². The molecule has 5 nitrogen and oxygen atoms in total. The van der Waals surface area contributed by atoms with Crippen LogP contribution in [0.3, 0.4) is 0 Å². The first-order chi connectivity index (χ1) is 9.13. The van der Waals surface area contributed by atoms with Crippen molar-refractivity contribution in [2.45, 2.75) is 57.2 Å². The lowest BCUT2D eigenvalue weighted by atomic mass is 10.4. The standard InChI is InChI=1S/C13H23N3O2S/c1-2-13-14-9-11-16(13)10-5-8-15-19(17,18)12-6-3-4-7-12/h9,11-12,15H,2-8,10H2,1H3. The van der Waals surface area contributed by atoms with Crippen LogP contribution in [0.4, 0.5) is 0 Å². The molecule has 0 atom stereocenters. The zero-order chi connectivity index (χ0) is 13.7. The Bertz CT molecular complexity index is 490. The summed E-state index contributed by atoms with van der Waals surface area (Å²) in [6.45, 7) is 3.40. The SMILES string of the molecule is CCc1nccn1CCCNS(=O)(=O)C1CCCC1. The molecule has 19 heavy (non-hydrogen) atoms. The Morgan fingerprint density at radius 3 is 2.84 bits per heavy atom. The summed E-state index contributed by atoms with van der Waals surface area (Å²) in [6, 6.07) is 0. The van der Waals surface area contributed by atoms with Gasteiger partial charge in [0.1, 0.15) is 5.82 Å². The quantitative estimate of drug-likeness (QED) is 0.776. The van der Waals surface area contributed by atoms with Crippen LogP contribution in [-0.4, -0.2) is 29.8 Å². The summed E-state index contributed by atoms with van der Waals surface area (Å²) in [5.74, 6) is 1.05. The van der Waals surface area contributed by atoms with E-state index in [2.05, 4.69) is 21.2 Å². The lowest BCUT2D eigenvalue weighted by molar-refractivity contribution is 0.552. The number of aryl methyl sites for hydroxylation is 2. The number of imidazole rings is 1. The third-order valence-corrected chi connectivity index (χ3v) is 5.69. The fourth-order valence-electron chi connectivity index (χ4n) is 2.64. The summed E-state index contributed by atoms with van der Waals surface area (Å²) in [7, 11) is -3.09. The molecule has 0 aromatic carbocycles. The van der Waals surface area contributed by atoms with Gasteiger partial charge in [-0.25, -0.2) is 18.1 Å². The zero-order valence-corrected chi connectivity index (χ0v) is 12.3. The summed E-state index contributed by atoms with van der Waals surface area (Å²) in [5, 5.41) is -0.160. The van der Waals surface area contributed by atoms with Crippen LogP contribution in [0.15, 0.2) is 12.4 Å². The second-order valence-corrected chi connectivity index (χ2v) is 7.14. The molecule has 1 aromatic heterocycles. The molecular weight excluding hydrogens is 262 g/mol. The van der Waals surface area contributed by atoms with Crippen LogP contribution in [0.5, 0.6) is 0 Å². The molecule has 0 amide bonds. The maximum atomic E-state index is 12.0. The molecule has 0 unspecified atom stereocenters. The molecule has 1 N–H and O–H groups in total. The maximum absolute atomic E-state index is 12.0. The van der Waals surface area contributed by atoms with E-state index >= 15 is 0 Å². The predicted octanol–water partition coefficient (Wildman–Crippen LogP) is 1.70. The van der Waals surface area contributed by atoms with Crippen LogP contribution >= 0.6 is 0 Å². The van der Waals surface area contributed by atoms with Gasteiger partial charge in [-0.2, -0.15) is 0 Å². The van der Waals surface area contributed by atoms with E-state index in [0.29, 0.717) is 6.54 Å². The molecule has 1 aliphatic carbocycles. The van der Waals surface area contributed by atoms with Gasteiger partial charge >= 0.3 is 0 Å². The molecule has 6 heteroatoms. The molecule has 1 aliphatic rings. The molecule has 1 saturated carbocycles. The average molecular weight is 285 g/mol. The first-order valence-corrected chi connectivity index (χ1v) is 8.66. The van der Waals surface area contributed by atoms with Crippen molar-refractivity contribution >= 4 is 10.0 Å². The van der Waals surface area contributed by atoms with Gasteiger partial charge in [-0.05, 0) is 19.3 Å². The van der Waals surface area contributed by atoms with E-state index in [1.165, 1.54) is 0 Å². The molecule has 0 aliphatic heterocycles. The van der Waals surface area contributed by atoms with Gasteiger partial charge in [-0.3, -0.25) is 0 Å². The highest BCUT2D eigenvalue weighted by molar-refractivity contribution is 7.90. The van der Waals surface area contributed by atoms with E-state index < -0.39 is 10.0 Å². The molecule has 108 valence electrons. The van der Waals surface area contributed by atoms with E-state index in [1.807, 2.05) is 6.20 Å². The van der Waals surface area contributed by atoms with Gasteiger partial charge in [0.15, 0.2) is 0 Å². The maximum Gasteiger partial charge on any atom is 0.214 e. The number of hydrogen-bond acceptors (Lipinski definition) is 3. The second kappa shape index (κ2) is 6.52. The Morgan fingerprint density at radius 1 is 1.42 bits per heavy atom. The largest absolute Gasteiger partial charge is 0.335 e. The third-order valence-electron chi connectivity index (χ3n) is 3.74. The molecule has 0 bridgehead atoms. The fourth-order valence-corrected chi connectivity index (χ4v) is 4.26. The van der Waals surface area contributed by atoms with Crippen molar-refractivity contribution in [2.75, 3.05) is 6.54 Å². The average Bonchev–Trinajstić information content (AvgIpc) is 3.05. The lowest BCUT2D eigenvalue weighted by Crippen LogP contribution is -2.33. The molecule has 1 aromatic rings. The minimum absolute atomic E-state index is 0.160. The van der Waals surface area contributed by atoms with Crippen molar-refractivity contribution in [1.82, 2.24) is 14.3 Å². The Labute approximate surface area is 115 Å². The number of nitrogens with one attached hydrogen (secondary N) is 1. The second-order valence-electron chi connectivity index (χ2n) is 5.09. The van der Waals surface area contributed by atoms with Gasteiger partial charge in [0, 0.05) is 31.9 Å². The normalized spacial score (nSPS) is 17.1. The van der Waals surface area contributed by atoms with E-state index in [4.69, 9.17) is 0 Å². The summed E-state index contributed by atoms with van der Waals surface area (Å²) >= 11 is 0. The first-order valence-electron chi connectivity index (χ1n) is 7.12. The summed E-state index contributed by atoms with van der Waals surface area (Å²) < 4.78 is 28.8. The highest BCUT2D eigenvalue weighted by Gasteiger charge is 2.27. The van der Waals surface area contributed by atoms with Crippen molar-refractivity contribution in [1.29, 1.82) is 0 Å². The van der Waals surface area contributed by atoms with Gasteiger partial charge in [0.25, 0.3) is 0 Å². The van der Waals surface area contributed by atoms with E-state index in [0.717, 1.165) is 50.9 Å². The first kappa shape index (κ1) is 14.5. The third kappa shape index (κ3) is 3.79. The minimum atomic E-state index is -3.09. The molecule has 0 saturated heterocycles. The van der Waals surface area contributed by atoms with Crippen LogP contribution in [0.25, 0.3) is 0 Å². The molecule has 2 rings (SSSR count). The van der Waals surface area contributed by atoms with Gasteiger partial charge in [-0.15, -0.1) is 0 Å². The van der Waals surface area contributed by atoms with Gasteiger partial charge in [0.2, 0.25) is 10.0 Å². The lowest BCUT2D eigenvalue weighted by Gasteiger charge is -2.12. The summed E-state index contributed by atoms with van der Waals surface area (Å²) in [4.78, 5) is 4.25. The number of hydrogen-bond donors (Lipinski definition) is 1. The molecule has 1 fully saturated rings. The van der Waals surface area contributed by atoms with Crippen molar-refractivity contribution < 1.29 is 8.42 Å². The van der Waals surface area contributed by atoms with Crippen molar-refractivity contribution in [3.8, 4) is 0 Å². The van der Waals surface area contributed by atoms with E-state index in [1.54, 1.807) is 6.20 Å². The minimum Gasteiger partial charge on any atom is -0.335 e. The van der Waals surface area contributed by atoms with Crippen LogP contribution < -0.4 is 4.72 Å². The van der Waals surface area contributed by atoms with Gasteiger partial charge in [0.05, 0.1) is 5.25 Å². The molecule has 1 heterocycles. The van der Waals surface area contributed by atoms with Crippen LogP contribution in [0.1, 0.15) is 44.9 Å². The number of aromatic nitrogens is 2. The molecule has 0 spiro atoms. The Kier molecular flexibility index (Phi) is 4.99. The number of rotatable bonds is 7. The smallest absolute Gasteiger partial charge is 0.214 e. The molecule has 0 radical (unpaired) electrons. The molecular formula is C13H23N3O2S. The van der Waals surface area contributed by atoms with E-state index in [-0.39, 0.29) is 5.25 Å².